The fourth-order valence-electron chi connectivity index (χ4n) is 2.54. The van der Waals surface area contributed by atoms with Gasteiger partial charge in [0.25, 0.3) is 5.56 Å². The molecule has 0 unspecified atom stereocenters. The summed E-state index contributed by atoms with van der Waals surface area (Å²) in [6.45, 7) is 9.36. The maximum absolute atomic E-state index is 12.5. The van der Waals surface area contributed by atoms with Crippen molar-refractivity contribution in [1.82, 2.24) is 4.57 Å². The van der Waals surface area contributed by atoms with E-state index < -0.39 is 0 Å². The molecule has 0 radical (unpaired) electrons. The summed E-state index contributed by atoms with van der Waals surface area (Å²) >= 11 is 0. The summed E-state index contributed by atoms with van der Waals surface area (Å²) in [4.78, 5) is 25.9. The number of morpholine rings is 1. The minimum Gasteiger partial charge on any atom is -0.378 e. The van der Waals surface area contributed by atoms with Crippen LogP contribution in [-0.2, 0) is 11.3 Å². The van der Waals surface area contributed by atoms with Crippen LogP contribution in [0.4, 0.5) is 5.69 Å². The third kappa shape index (κ3) is 2.93. The van der Waals surface area contributed by atoms with Crippen LogP contribution in [0.25, 0.3) is 0 Å². The lowest BCUT2D eigenvalue weighted by Gasteiger charge is -2.30. The summed E-state index contributed by atoms with van der Waals surface area (Å²) in [5.41, 5.74) is 1.72. The van der Waals surface area contributed by atoms with Crippen molar-refractivity contribution in [3.8, 4) is 0 Å². The van der Waals surface area contributed by atoms with E-state index in [1.165, 1.54) is 0 Å². The molecule has 0 atom stereocenters. The minimum absolute atomic E-state index is 0.185. The molecule has 0 spiro atoms. The Hall–Kier alpha value is -1.62. The van der Waals surface area contributed by atoms with Gasteiger partial charge >= 0.3 is 0 Å². The number of ether oxygens (including phenoxy) is 1. The van der Waals surface area contributed by atoms with Crippen molar-refractivity contribution in [2.24, 2.45) is 5.92 Å². The number of nitrogens with zero attached hydrogens (tertiary/aromatic N) is 2. The molecule has 110 valence electrons. The topological polar surface area (TPSA) is 51.5 Å². The molecule has 5 heteroatoms. The second kappa shape index (κ2) is 6.22. The quantitative estimate of drug-likeness (QED) is 0.783. The summed E-state index contributed by atoms with van der Waals surface area (Å²) in [6.07, 6.45) is 0.684. The average molecular weight is 278 g/mol. The Morgan fingerprint density at radius 2 is 2.00 bits per heavy atom. The predicted molar refractivity (Wildman–Crippen MR) is 78.7 cm³/mol. The van der Waals surface area contributed by atoms with Gasteiger partial charge in [-0.05, 0) is 18.9 Å². The second-order valence-corrected chi connectivity index (χ2v) is 5.61. The summed E-state index contributed by atoms with van der Waals surface area (Å²) in [5.74, 6) is 0.361. The van der Waals surface area contributed by atoms with Crippen LogP contribution in [0.5, 0.6) is 0 Å². The van der Waals surface area contributed by atoms with Gasteiger partial charge in [-0.15, -0.1) is 0 Å². The molecule has 20 heavy (non-hydrogen) atoms. The van der Waals surface area contributed by atoms with Crippen LogP contribution < -0.4 is 10.5 Å². The van der Waals surface area contributed by atoms with E-state index >= 15 is 0 Å². The Kier molecular flexibility index (Phi) is 4.60. The molecule has 5 nitrogen and oxygen atoms in total. The molecule has 0 saturated carbocycles. The van der Waals surface area contributed by atoms with Crippen LogP contribution in [-0.4, -0.2) is 37.2 Å². The monoisotopic (exact) mass is 278 g/mol. The van der Waals surface area contributed by atoms with Gasteiger partial charge in [0.05, 0.1) is 18.9 Å². The Labute approximate surface area is 119 Å². The Morgan fingerprint density at radius 1 is 1.35 bits per heavy atom. The number of aryl methyl sites for hydroxylation is 1. The molecule has 1 aromatic rings. The lowest BCUT2D eigenvalue weighted by molar-refractivity contribution is 0.111. The van der Waals surface area contributed by atoms with Crippen molar-refractivity contribution in [1.29, 1.82) is 0 Å². The Morgan fingerprint density at radius 3 is 2.55 bits per heavy atom. The van der Waals surface area contributed by atoms with Gasteiger partial charge in [0.15, 0.2) is 6.29 Å². The summed E-state index contributed by atoms with van der Waals surface area (Å²) in [5, 5.41) is 0. The van der Waals surface area contributed by atoms with E-state index in [0.717, 1.165) is 11.4 Å². The lowest BCUT2D eigenvalue weighted by Crippen LogP contribution is -2.39. The molecule has 2 rings (SSSR count). The molecule has 0 bridgehead atoms. The first kappa shape index (κ1) is 14.8. The summed E-state index contributed by atoms with van der Waals surface area (Å²) in [6, 6.07) is 1.94. The van der Waals surface area contributed by atoms with E-state index in [0.29, 0.717) is 45.1 Å². The number of anilines is 1. The number of hydrogen-bond donors (Lipinski definition) is 0. The standard InChI is InChI=1S/C15H22N2O3/c1-11(2)9-17-12(3)8-14(13(10-18)15(17)19)16-4-6-20-7-5-16/h8,10-11H,4-7,9H2,1-3H3. The van der Waals surface area contributed by atoms with Crippen molar-refractivity contribution < 1.29 is 9.53 Å². The van der Waals surface area contributed by atoms with Crippen LogP contribution >= 0.6 is 0 Å². The van der Waals surface area contributed by atoms with E-state index in [9.17, 15) is 9.59 Å². The molecular formula is C15H22N2O3. The van der Waals surface area contributed by atoms with Crippen molar-refractivity contribution in [3.63, 3.8) is 0 Å². The van der Waals surface area contributed by atoms with Crippen molar-refractivity contribution in [3.05, 3.63) is 27.7 Å². The zero-order valence-electron chi connectivity index (χ0n) is 12.4. The van der Waals surface area contributed by atoms with Crippen LogP contribution in [0, 0.1) is 12.8 Å². The number of aromatic nitrogens is 1. The second-order valence-electron chi connectivity index (χ2n) is 5.61. The number of carbonyl (C=O) groups is 1. The summed E-state index contributed by atoms with van der Waals surface area (Å²) in [7, 11) is 0. The van der Waals surface area contributed by atoms with E-state index in [1.54, 1.807) is 4.57 Å². The molecule has 0 aliphatic carbocycles. The molecule has 0 aromatic carbocycles. The zero-order chi connectivity index (χ0) is 14.7. The Bertz CT molecular complexity index is 543. The number of pyridine rings is 1. The molecule has 1 aliphatic rings. The number of rotatable bonds is 4. The van der Waals surface area contributed by atoms with Crippen LogP contribution in [0.2, 0.25) is 0 Å². The molecule has 1 saturated heterocycles. The zero-order valence-corrected chi connectivity index (χ0v) is 12.4. The lowest BCUT2D eigenvalue weighted by atomic mass is 10.1. The normalized spacial score (nSPS) is 15.7. The number of hydrogen-bond acceptors (Lipinski definition) is 4. The maximum atomic E-state index is 12.5. The van der Waals surface area contributed by atoms with Gasteiger partial charge in [0.1, 0.15) is 5.56 Å². The van der Waals surface area contributed by atoms with Gasteiger partial charge in [0.2, 0.25) is 0 Å². The van der Waals surface area contributed by atoms with Gasteiger partial charge in [0, 0.05) is 25.3 Å². The van der Waals surface area contributed by atoms with Crippen LogP contribution in [0.1, 0.15) is 29.9 Å². The van der Waals surface area contributed by atoms with Crippen molar-refractivity contribution in [2.75, 3.05) is 31.2 Å². The third-order valence-electron chi connectivity index (χ3n) is 3.54. The smallest absolute Gasteiger partial charge is 0.263 e. The molecule has 1 aromatic heterocycles. The number of aldehydes is 1. The predicted octanol–water partition coefficient (Wildman–Crippen LogP) is 1.46. The van der Waals surface area contributed by atoms with Crippen molar-refractivity contribution in [2.45, 2.75) is 27.3 Å². The van der Waals surface area contributed by atoms with Gasteiger partial charge in [-0.25, -0.2) is 0 Å². The Balaban J connectivity index is 2.48. The molecule has 0 N–H and O–H groups in total. The van der Waals surface area contributed by atoms with Gasteiger partial charge in [-0.2, -0.15) is 0 Å². The van der Waals surface area contributed by atoms with Gasteiger partial charge in [-0.1, -0.05) is 13.8 Å². The van der Waals surface area contributed by atoms with E-state index in [-0.39, 0.29) is 11.1 Å². The third-order valence-corrected chi connectivity index (χ3v) is 3.54. The van der Waals surface area contributed by atoms with Gasteiger partial charge < -0.3 is 14.2 Å². The van der Waals surface area contributed by atoms with E-state index in [1.807, 2.05) is 13.0 Å². The molecule has 1 aliphatic heterocycles. The number of carbonyl (C=O) groups excluding carboxylic acids is 1. The largest absolute Gasteiger partial charge is 0.378 e. The highest BCUT2D eigenvalue weighted by molar-refractivity contribution is 5.84. The van der Waals surface area contributed by atoms with Gasteiger partial charge in [-0.3, -0.25) is 9.59 Å². The molecule has 1 fully saturated rings. The first-order valence-corrected chi connectivity index (χ1v) is 7.07. The van der Waals surface area contributed by atoms with E-state index in [2.05, 4.69) is 18.7 Å². The average Bonchev–Trinajstić information content (AvgIpc) is 2.43. The first-order chi connectivity index (χ1) is 9.54. The van der Waals surface area contributed by atoms with Crippen molar-refractivity contribution >= 4 is 12.0 Å². The highest BCUT2D eigenvalue weighted by atomic mass is 16.5. The molecule has 0 amide bonds. The molecule has 2 heterocycles. The molecular weight excluding hydrogens is 256 g/mol. The van der Waals surface area contributed by atoms with Crippen LogP contribution in [0.3, 0.4) is 0 Å². The SMILES string of the molecule is Cc1cc(N2CCOCC2)c(C=O)c(=O)n1CC(C)C. The minimum atomic E-state index is -0.185. The van der Waals surface area contributed by atoms with Crippen LogP contribution in [0.15, 0.2) is 10.9 Å². The fraction of sp³-hybridized carbons (Fsp3) is 0.600. The maximum Gasteiger partial charge on any atom is 0.263 e. The summed E-state index contributed by atoms with van der Waals surface area (Å²) < 4.78 is 7.01. The van der Waals surface area contributed by atoms with E-state index in [4.69, 9.17) is 4.74 Å². The fourth-order valence-corrected chi connectivity index (χ4v) is 2.54. The first-order valence-electron chi connectivity index (χ1n) is 7.07. The highest BCUT2D eigenvalue weighted by Gasteiger charge is 2.19. The highest BCUT2D eigenvalue weighted by Crippen LogP contribution is 2.20.